The van der Waals surface area contributed by atoms with Crippen LogP contribution in [0.2, 0.25) is 0 Å². The fourth-order valence-corrected chi connectivity index (χ4v) is 2.84. The van der Waals surface area contributed by atoms with Gasteiger partial charge >= 0.3 is 0 Å². The van der Waals surface area contributed by atoms with Crippen molar-refractivity contribution in [1.29, 1.82) is 0 Å². The molecule has 1 aromatic rings. The molecule has 1 aromatic carbocycles. The van der Waals surface area contributed by atoms with Gasteiger partial charge in [0.1, 0.15) is 5.82 Å². The fraction of sp³-hybridized carbons (Fsp3) is 0.562. The zero-order valence-corrected chi connectivity index (χ0v) is 12.6. The maximum absolute atomic E-state index is 12.9. The van der Waals surface area contributed by atoms with E-state index in [2.05, 4.69) is 17.3 Å². The Labute approximate surface area is 125 Å². The zero-order chi connectivity index (χ0) is 15.2. The molecule has 0 radical (unpaired) electrons. The van der Waals surface area contributed by atoms with Crippen LogP contribution in [0.25, 0.3) is 0 Å². The molecule has 0 aliphatic heterocycles. The predicted octanol–water partition coefficient (Wildman–Crippen LogP) is 3.00. The van der Waals surface area contributed by atoms with Crippen LogP contribution in [0.1, 0.15) is 38.5 Å². The van der Waals surface area contributed by atoms with E-state index in [0.717, 1.165) is 6.54 Å². The van der Waals surface area contributed by atoms with E-state index in [9.17, 15) is 9.18 Å². The van der Waals surface area contributed by atoms with Crippen LogP contribution in [-0.2, 0) is 4.79 Å². The molecule has 0 spiro atoms. The SMILES string of the molecule is CN(CCC(=O)Nc1ccc(F)cc1N)C1CCCCC1. The molecule has 0 heterocycles. The molecule has 0 saturated heterocycles. The Morgan fingerprint density at radius 2 is 2.10 bits per heavy atom. The molecule has 0 atom stereocenters. The first-order valence-corrected chi connectivity index (χ1v) is 7.61. The maximum atomic E-state index is 12.9. The standard InChI is InChI=1S/C16H24FN3O/c1-20(13-5-3-2-4-6-13)10-9-16(21)19-15-8-7-12(17)11-14(15)18/h7-8,11,13H,2-6,9-10,18H2,1H3,(H,19,21). The molecule has 3 N–H and O–H groups in total. The molecule has 21 heavy (non-hydrogen) atoms. The van der Waals surface area contributed by atoms with Crippen molar-refractivity contribution in [2.75, 3.05) is 24.6 Å². The molecule has 0 aromatic heterocycles. The molecule has 0 bridgehead atoms. The van der Waals surface area contributed by atoms with Crippen molar-refractivity contribution >= 4 is 17.3 Å². The van der Waals surface area contributed by atoms with Crippen LogP contribution < -0.4 is 11.1 Å². The number of nitrogens with one attached hydrogen (secondary N) is 1. The summed E-state index contributed by atoms with van der Waals surface area (Å²) in [6, 6.07) is 4.60. The normalized spacial score (nSPS) is 16.1. The smallest absolute Gasteiger partial charge is 0.225 e. The maximum Gasteiger partial charge on any atom is 0.225 e. The van der Waals surface area contributed by atoms with Crippen LogP contribution in [0.3, 0.4) is 0 Å². The van der Waals surface area contributed by atoms with E-state index in [1.54, 1.807) is 0 Å². The number of nitrogen functional groups attached to an aromatic ring is 1. The number of benzene rings is 1. The highest BCUT2D eigenvalue weighted by molar-refractivity contribution is 5.93. The van der Waals surface area contributed by atoms with Crippen LogP contribution in [0, 0.1) is 5.82 Å². The summed E-state index contributed by atoms with van der Waals surface area (Å²) in [7, 11) is 2.08. The summed E-state index contributed by atoms with van der Waals surface area (Å²) in [5, 5.41) is 2.74. The van der Waals surface area contributed by atoms with Crippen LogP contribution in [-0.4, -0.2) is 30.4 Å². The highest BCUT2D eigenvalue weighted by Crippen LogP contribution is 2.22. The molecule has 116 valence electrons. The van der Waals surface area contributed by atoms with Crippen molar-refractivity contribution in [1.82, 2.24) is 4.90 Å². The Balaban J connectivity index is 1.78. The van der Waals surface area contributed by atoms with E-state index >= 15 is 0 Å². The highest BCUT2D eigenvalue weighted by Gasteiger charge is 2.18. The lowest BCUT2D eigenvalue weighted by atomic mass is 9.94. The molecule has 1 amide bonds. The quantitative estimate of drug-likeness (QED) is 0.821. The van der Waals surface area contributed by atoms with Gasteiger partial charge in [-0.3, -0.25) is 4.79 Å². The Morgan fingerprint density at radius 1 is 1.38 bits per heavy atom. The molecular weight excluding hydrogens is 269 g/mol. The third kappa shape index (κ3) is 4.70. The van der Waals surface area contributed by atoms with Crippen LogP contribution in [0.5, 0.6) is 0 Å². The zero-order valence-electron chi connectivity index (χ0n) is 12.6. The number of amides is 1. The topological polar surface area (TPSA) is 58.4 Å². The molecule has 1 aliphatic carbocycles. The number of anilines is 2. The molecule has 1 aliphatic rings. The second kappa shape index (κ2) is 7.41. The number of halogens is 1. The summed E-state index contributed by atoms with van der Waals surface area (Å²) in [4.78, 5) is 14.2. The van der Waals surface area contributed by atoms with Gasteiger partial charge in [-0.1, -0.05) is 19.3 Å². The minimum atomic E-state index is -0.400. The molecular formula is C16H24FN3O. The minimum absolute atomic E-state index is 0.0871. The first-order chi connectivity index (χ1) is 10.1. The van der Waals surface area contributed by atoms with Crippen molar-refractivity contribution in [2.24, 2.45) is 0 Å². The van der Waals surface area contributed by atoms with Gasteiger partial charge in [-0.05, 0) is 38.1 Å². The fourth-order valence-electron chi connectivity index (χ4n) is 2.84. The molecule has 1 fully saturated rings. The average molecular weight is 293 g/mol. The van der Waals surface area contributed by atoms with Crippen LogP contribution >= 0.6 is 0 Å². The van der Waals surface area contributed by atoms with Crippen molar-refractivity contribution in [2.45, 2.75) is 44.6 Å². The molecule has 1 saturated carbocycles. The lowest BCUT2D eigenvalue weighted by Gasteiger charge is -2.30. The van der Waals surface area contributed by atoms with Crippen molar-refractivity contribution in [3.8, 4) is 0 Å². The van der Waals surface area contributed by atoms with Gasteiger partial charge < -0.3 is 16.0 Å². The van der Waals surface area contributed by atoms with E-state index in [4.69, 9.17) is 5.73 Å². The van der Waals surface area contributed by atoms with E-state index < -0.39 is 5.82 Å². The number of carbonyl (C=O) groups is 1. The summed E-state index contributed by atoms with van der Waals surface area (Å²) in [5.74, 6) is -0.488. The van der Waals surface area contributed by atoms with Crippen molar-refractivity contribution in [3.63, 3.8) is 0 Å². The van der Waals surface area contributed by atoms with Gasteiger partial charge in [-0.15, -0.1) is 0 Å². The third-order valence-corrected chi connectivity index (χ3v) is 4.18. The monoisotopic (exact) mass is 293 g/mol. The lowest BCUT2D eigenvalue weighted by Crippen LogP contribution is -2.35. The van der Waals surface area contributed by atoms with E-state index in [1.807, 2.05) is 0 Å². The van der Waals surface area contributed by atoms with E-state index in [1.165, 1.54) is 50.3 Å². The molecule has 0 unspecified atom stereocenters. The van der Waals surface area contributed by atoms with Gasteiger partial charge in [0.15, 0.2) is 0 Å². The Bertz CT molecular complexity index is 486. The Kier molecular flexibility index (Phi) is 5.56. The Hall–Kier alpha value is -1.62. The van der Waals surface area contributed by atoms with E-state index in [0.29, 0.717) is 18.2 Å². The minimum Gasteiger partial charge on any atom is -0.397 e. The van der Waals surface area contributed by atoms with Gasteiger partial charge in [0, 0.05) is 19.0 Å². The molecule has 2 rings (SSSR count). The lowest BCUT2D eigenvalue weighted by molar-refractivity contribution is -0.116. The number of rotatable bonds is 5. The van der Waals surface area contributed by atoms with Crippen molar-refractivity contribution in [3.05, 3.63) is 24.0 Å². The first-order valence-electron chi connectivity index (χ1n) is 7.61. The van der Waals surface area contributed by atoms with E-state index in [-0.39, 0.29) is 11.6 Å². The second-order valence-electron chi connectivity index (χ2n) is 5.80. The number of nitrogens with two attached hydrogens (primary N) is 1. The largest absolute Gasteiger partial charge is 0.397 e. The summed E-state index contributed by atoms with van der Waals surface area (Å²) >= 11 is 0. The van der Waals surface area contributed by atoms with Gasteiger partial charge in [0.25, 0.3) is 0 Å². The van der Waals surface area contributed by atoms with Gasteiger partial charge in [-0.2, -0.15) is 0 Å². The summed E-state index contributed by atoms with van der Waals surface area (Å²) in [6.07, 6.45) is 6.77. The predicted molar refractivity (Wildman–Crippen MR) is 83.6 cm³/mol. The number of hydrogen-bond donors (Lipinski definition) is 2. The molecule has 5 heteroatoms. The van der Waals surface area contributed by atoms with Gasteiger partial charge in [0.05, 0.1) is 11.4 Å². The summed E-state index contributed by atoms with van der Waals surface area (Å²) < 4.78 is 12.9. The summed E-state index contributed by atoms with van der Waals surface area (Å²) in [5.41, 5.74) is 6.40. The first kappa shape index (κ1) is 15.8. The molecule has 4 nitrogen and oxygen atoms in total. The van der Waals surface area contributed by atoms with Crippen LogP contribution in [0.15, 0.2) is 18.2 Å². The number of carbonyl (C=O) groups excluding carboxylic acids is 1. The highest BCUT2D eigenvalue weighted by atomic mass is 19.1. The third-order valence-electron chi connectivity index (χ3n) is 4.18. The van der Waals surface area contributed by atoms with Gasteiger partial charge in [-0.25, -0.2) is 4.39 Å². The second-order valence-corrected chi connectivity index (χ2v) is 5.80. The van der Waals surface area contributed by atoms with Gasteiger partial charge in [0.2, 0.25) is 5.91 Å². The average Bonchev–Trinajstić information content (AvgIpc) is 2.48. The number of nitrogens with zero attached hydrogens (tertiary/aromatic N) is 1. The van der Waals surface area contributed by atoms with Crippen molar-refractivity contribution < 1.29 is 9.18 Å². The number of hydrogen-bond acceptors (Lipinski definition) is 3. The summed E-state index contributed by atoms with van der Waals surface area (Å²) in [6.45, 7) is 0.734. The van der Waals surface area contributed by atoms with Crippen LogP contribution in [0.4, 0.5) is 15.8 Å². The Morgan fingerprint density at radius 3 is 2.76 bits per heavy atom.